The lowest BCUT2D eigenvalue weighted by Crippen LogP contribution is -2.36. The summed E-state index contributed by atoms with van der Waals surface area (Å²) < 4.78 is 0. The van der Waals surface area contributed by atoms with E-state index < -0.39 is 0 Å². The molecule has 1 aromatic carbocycles. The Morgan fingerprint density at radius 1 is 0.923 bits per heavy atom. The number of hydrogen-bond acceptors (Lipinski definition) is 3. The Bertz CT molecular complexity index is 956. The Morgan fingerprint density at radius 2 is 1.69 bits per heavy atom. The summed E-state index contributed by atoms with van der Waals surface area (Å²) in [4.78, 5) is 15.0. The van der Waals surface area contributed by atoms with Crippen LogP contribution in [0.3, 0.4) is 0 Å². The molecule has 6 nitrogen and oxygen atoms in total. The minimum absolute atomic E-state index is 0.0373. The van der Waals surface area contributed by atoms with E-state index in [9.17, 15) is 4.79 Å². The molecule has 1 aliphatic heterocycles. The topological polar surface area (TPSA) is 77.7 Å². The average Bonchev–Trinajstić information content (AvgIpc) is 3.32. The van der Waals surface area contributed by atoms with Crippen molar-refractivity contribution < 1.29 is 4.79 Å². The third-order valence-electron chi connectivity index (χ3n) is 5.53. The fraction of sp³-hybridized carbons (Fsp3) is 0.350. The van der Waals surface area contributed by atoms with Crippen LogP contribution in [-0.2, 0) is 25.8 Å². The summed E-state index contributed by atoms with van der Waals surface area (Å²) in [6.45, 7) is 1.28. The van der Waals surface area contributed by atoms with Crippen LogP contribution in [0.1, 0.15) is 45.8 Å². The molecule has 0 fully saturated rings. The van der Waals surface area contributed by atoms with Crippen molar-refractivity contribution in [2.24, 2.45) is 0 Å². The van der Waals surface area contributed by atoms with Gasteiger partial charge < -0.3 is 4.90 Å². The fourth-order valence-electron chi connectivity index (χ4n) is 4.11. The molecular formula is C20H21N5O. The number of rotatable bonds is 2. The van der Waals surface area contributed by atoms with Crippen molar-refractivity contribution in [3.05, 3.63) is 58.5 Å². The molecule has 0 saturated heterocycles. The minimum atomic E-state index is 0.0373. The second-order valence-corrected chi connectivity index (χ2v) is 7.11. The molecule has 1 amide bonds. The summed E-state index contributed by atoms with van der Waals surface area (Å²) in [5.74, 6) is 0.0373. The van der Waals surface area contributed by atoms with Gasteiger partial charge in [-0.2, -0.15) is 10.2 Å². The van der Waals surface area contributed by atoms with Gasteiger partial charge in [0.1, 0.15) is 0 Å². The average molecular weight is 347 g/mol. The number of carbonyl (C=O) groups excluding carboxylic acids is 1. The summed E-state index contributed by atoms with van der Waals surface area (Å²) >= 11 is 0. The number of aryl methyl sites for hydroxylation is 1. The van der Waals surface area contributed by atoms with Crippen LogP contribution in [0.25, 0.3) is 11.3 Å². The summed E-state index contributed by atoms with van der Waals surface area (Å²) in [5, 5.41) is 15.1. The van der Waals surface area contributed by atoms with Crippen LogP contribution in [0.15, 0.2) is 30.3 Å². The Labute approximate surface area is 151 Å². The number of benzene rings is 1. The van der Waals surface area contributed by atoms with E-state index in [0.29, 0.717) is 18.8 Å². The molecule has 1 aliphatic carbocycles. The van der Waals surface area contributed by atoms with Crippen LogP contribution in [0.4, 0.5) is 0 Å². The summed E-state index contributed by atoms with van der Waals surface area (Å²) in [7, 11) is 0. The number of hydrogen-bond donors (Lipinski definition) is 2. The molecule has 2 N–H and O–H groups in total. The molecule has 3 heterocycles. The minimum Gasteiger partial charge on any atom is -0.332 e. The van der Waals surface area contributed by atoms with Gasteiger partial charge in [-0.05, 0) is 25.7 Å². The zero-order valence-electron chi connectivity index (χ0n) is 14.6. The van der Waals surface area contributed by atoms with Crippen LogP contribution in [-0.4, -0.2) is 37.7 Å². The molecule has 2 aliphatic rings. The van der Waals surface area contributed by atoms with Gasteiger partial charge in [-0.15, -0.1) is 0 Å². The van der Waals surface area contributed by atoms with E-state index in [-0.39, 0.29) is 5.91 Å². The molecule has 0 unspecified atom stereocenters. The van der Waals surface area contributed by atoms with Gasteiger partial charge in [0.2, 0.25) is 0 Å². The molecule has 3 aromatic rings. The van der Waals surface area contributed by atoms with Gasteiger partial charge in [-0.3, -0.25) is 15.0 Å². The van der Waals surface area contributed by atoms with E-state index in [1.54, 1.807) is 0 Å². The van der Waals surface area contributed by atoms with Crippen LogP contribution in [0.2, 0.25) is 0 Å². The molecule has 2 aromatic heterocycles. The molecule has 0 spiro atoms. The van der Waals surface area contributed by atoms with Crippen molar-refractivity contribution in [3.63, 3.8) is 0 Å². The predicted molar refractivity (Wildman–Crippen MR) is 97.7 cm³/mol. The van der Waals surface area contributed by atoms with Gasteiger partial charge >= 0.3 is 0 Å². The molecule has 0 atom stereocenters. The van der Waals surface area contributed by atoms with Crippen LogP contribution < -0.4 is 0 Å². The molecule has 0 saturated carbocycles. The second kappa shape index (κ2) is 6.12. The highest BCUT2D eigenvalue weighted by Gasteiger charge is 2.30. The van der Waals surface area contributed by atoms with Gasteiger partial charge in [-0.25, -0.2) is 0 Å². The quantitative estimate of drug-likeness (QED) is 0.748. The number of aromatic amines is 2. The number of H-pyrrole nitrogens is 2. The number of carbonyl (C=O) groups is 1. The first-order valence-electron chi connectivity index (χ1n) is 9.28. The van der Waals surface area contributed by atoms with Crippen molar-refractivity contribution >= 4 is 5.91 Å². The lowest BCUT2D eigenvalue weighted by atomic mass is 9.95. The van der Waals surface area contributed by atoms with E-state index in [2.05, 4.69) is 32.5 Å². The molecule has 0 bridgehead atoms. The first kappa shape index (κ1) is 15.4. The van der Waals surface area contributed by atoms with Crippen molar-refractivity contribution in [3.8, 4) is 11.3 Å². The molecular weight excluding hydrogens is 326 g/mol. The molecule has 26 heavy (non-hydrogen) atoms. The van der Waals surface area contributed by atoms with Gasteiger partial charge in [0.15, 0.2) is 5.69 Å². The van der Waals surface area contributed by atoms with Crippen molar-refractivity contribution in [1.82, 2.24) is 25.3 Å². The Balaban J connectivity index is 1.45. The van der Waals surface area contributed by atoms with E-state index in [4.69, 9.17) is 0 Å². The van der Waals surface area contributed by atoms with E-state index in [1.807, 2.05) is 23.1 Å². The Morgan fingerprint density at radius 3 is 2.58 bits per heavy atom. The Kier molecular flexibility index (Phi) is 3.62. The van der Waals surface area contributed by atoms with E-state index in [0.717, 1.165) is 59.5 Å². The maximum atomic E-state index is 13.1. The molecule has 0 radical (unpaired) electrons. The standard InChI is InChI=1S/C20H21N5O/c26-20(19-14-8-4-5-9-16(14)21-24-19)25-11-10-17-15(12-25)18(23-22-17)13-6-2-1-3-7-13/h1-3,6-7H,4-5,8-12H2,(H,21,24)(H,22,23). The number of nitrogens with one attached hydrogen (secondary N) is 2. The third kappa shape index (κ3) is 2.44. The fourth-order valence-corrected chi connectivity index (χ4v) is 4.11. The SMILES string of the molecule is O=C(c1n[nH]c2c1CCCC2)N1CCc2[nH]nc(-c3ccccc3)c2C1. The molecule has 132 valence electrons. The zero-order valence-corrected chi connectivity index (χ0v) is 14.6. The highest BCUT2D eigenvalue weighted by atomic mass is 16.2. The number of amides is 1. The first-order valence-corrected chi connectivity index (χ1v) is 9.28. The maximum absolute atomic E-state index is 13.1. The highest BCUT2D eigenvalue weighted by molar-refractivity contribution is 5.94. The first-order chi connectivity index (χ1) is 12.8. The monoisotopic (exact) mass is 347 g/mol. The van der Waals surface area contributed by atoms with Crippen LogP contribution in [0.5, 0.6) is 0 Å². The summed E-state index contributed by atoms with van der Waals surface area (Å²) in [5.41, 5.74) is 7.18. The largest absolute Gasteiger partial charge is 0.332 e. The van der Waals surface area contributed by atoms with Crippen molar-refractivity contribution in [2.75, 3.05) is 6.54 Å². The predicted octanol–water partition coefficient (Wildman–Crippen LogP) is 2.88. The number of nitrogens with zero attached hydrogens (tertiary/aromatic N) is 3. The van der Waals surface area contributed by atoms with Gasteiger partial charge in [0, 0.05) is 41.0 Å². The molecule has 6 heteroatoms. The summed E-state index contributed by atoms with van der Waals surface area (Å²) in [6, 6.07) is 10.1. The van der Waals surface area contributed by atoms with E-state index >= 15 is 0 Å². The highest BCUT2D eigenvalue weighted by Crippen LogP contribution is 2.30. The van der Waals surface area contributed by atoms with E-state index in [1.165, 1.54) is 6.42 Å². The summed E-state index contributed by atoms with van der Waals surface area (Å²) in [6.07, 6.45) is 5.06. The van der Waals surface area contributed by atoms with Crippen LogP contribution in [0, 0.1) is 0 Å². The zero-order chi connectivity index (χ0) is 17.5. The Hall–Kier alpha value is -2.89. The van der Waals surface area contributed by atoms with Crippen molar-refractivity contribution in [1.29, 1.82) is 0 Å². The smallest absolute Gasteiger partial charge is 0.274 e. The molecule has 5 rings (SSSR count). The lowest BCUT2D eigenvalue weighted by Gasteiger charge is -2.27. The second-order valence-electron chi connectivity index (χ2n) is 7.11. The van der Waals surface area contributed by atoms with Gasteiger partial charge in [-0.1, -0.05) is 30.3 Å². The lowest BCUT2D eigenvalue weighted by molar-refractivity contribution is 0.0727. The van der Waals surface area contributed by atoms with Gasteiger partial charge in [0.05, 0.1) is 12.2 Å². The van der Waals surface area contributed by atoms with Crippen molar-refractivity contribution in [2.45, 2.75) is 38.6 Å². The number of aromatic nitrogens is 4. The van der Waals surface area contributed by atoms with Gasteiger partial charge in [0.25, 0.3) is 5.91 Å². The maximum Gasteiger partial charge on any atom is 0.274 e. The third-order valence-corrected chi connectivity index (χ3v) is 5.53. The van der Waals surface area contributed by atoms with Crippen LogP contribution >= 0.6 is 0 Å². The number of fused-ring (bicyclic) bond motifs is 2. The normalized spacial score (nSPS) is 16.2.